The lowest BCUT2D eigenvalue weighted by atomic mass is 9.85. The van der Waals surface area contributed by atoms with Gasteiger partial charge in [-0.05, 0) is 37.1 Å². The van der Waals surface area contributed by atoms with Gasteiger partial charge in [0.2, 0.25) is 5.91 Å². The van der Waals surface area contributed by atoms with Gasteiger partial charge in [-0.25, -0.2) is 0 Å². The highest BCUT2D eigenvalue weighted by Crippen LogP contribution is 2.30. The number of para-hydroxylation sites is 3. The lowest BCUT2D eigenvalue weighted by molar-refractivity contribution is -0.122. The molecule has 0 aliphatic heterocycles. The van der Waals surface area contributed by atoms with Crippen LogP contribution in [0.3, 0.4) is 0 Å². The number of anilines is 1. The predicted molar refractivity (Wildman–Crippen MR) is 89.8 cm³/mol. The zero-order valence-corrected chi connectivity index (χ0v) is 13.0. The quantitative estimate of drug-likeness (QED) is 0.789. The summed E-state index contributed by atoms with van der Waals surface area (Å²) in [4.78, 5) is 12.1. The van der Waals surface area contributed by atoms with E-state index in [1.807, 2.05) is 54.6 Å². The van der Waals surface area contributed by atoms with E-state index in [1.54, 1.807) is 0 Å². The summed E-state index contributed by atoms with van der Waals surface area (Å²) in [5.41, 5.74) is 0.726. The molecule has 1 fully saturated rings. The van der Waals surface area contributed by atoms with Crippen molar-refractivity contribution in [1.82, 2.24) is 0 Å². The van der Waals surface area contributed by atoms with Gasteiger partial charge in [-0.15, -0.1) is 0 Å². The zero-order chi connectivity index (χ0) is 15.9. The number of carbonyl (C=O) groups is 1. The number of carbonyl (C=O) groups excluding carboxylic acids is 1. The fraction of sp³-hybridized carbons (Fsp3) is 0.316. The van der Waals surface area contributed by atoms with Crippen molar-refractivity contribution in [2.75, 3.05) is 18.5 Å². The summed E-state index contributed by atoms with van der Waals surface area (Å²) in [6.07, 6.45) is 3.12. The Morgan fingerprint density at radius 2 is 1.65 bits per heavy atom. The molecule has 0 saturated heterocycles. The minimum Gasteiger partial charge on any atom is -0.490 e. The van der Waals surface area contributed by atoms with Crippen LogP contribution >= 0.6 is 0 Å². The lowest BCUT2D eigenvalue weighted by Crippen LogP contribution is -2.28. The molecule has 1 amide bonds. The van der Waals surface area contributed by atoms with E-state index >= 15 is 0 Å². The first-order chi connectivity index (χ1) is 11.3. The van der Waals surface area contributed by atoms with Gasteiger partial charge in [0.05, 0.1) is 5.69 Å². The van der Waals surface area contributed by atoms with Crippen LogP contribution in [-0.4, -0.2) is 19.1 Å². The second-order valence-electron chi connectivity index (χ2n) is 5.62. The van der Waals surface area contributed by atoms with Gasteiger partial charge in [-0.2, -0.15) is 0 Å². The number of rotatable bonds is 7. The summed E-state index contributed by atoms with van der Waals surface area (Å²) in [6, 6.07) is 17.1. The van der Waals surface area contributed by atoms with Crippen LogP contribution in [0.15, 0.2) is 54.6 Å². The summed E-state index contributed by atoms with van der Waals surface area (Å²) in [6.45, 7) is 0.875. The van der Waals surface area contributed by atoms with Gasteiger partial charge < -0.3 is 14.8 Å². The van der Waals surface area contributed by atoms with Crippen molar-refractivity contribution in [3.63, 3.8) is 0 Å². The van der Waals surface area contributed by atoms with Crippen LogP contribution in [0.4, 0.5) is 5.69 Å². The van der Waals surface area contributed by atoms with Crippen molar-refractivity contribution in [2.24, 2.45) is 5.92 Å². The average molecular weight is 311 g/mol. The first-order valence-electron chi connectivity index (χ1n) is 8.03. The number of nitrogens with one attached hydrogen (secondary N) is 1. The summed E-state index contributed by atoms with van der Waals surface area (Å²) >= 11 is 0. The fourth-order valence-corrected chi connectivity index (χ4v) is 2.43. The maximum absolute atomic E-state index is 12.1. The van der Waals surface area contributed by atoms with E-state index in [0.29, 0.717) is 19.0 Å². The van der Waals surface area contributed by atoms with E-state index in [2.05, 4.69) is 5.32 Å². The molecule has 0 atom stereocenters. The van der Waals surface area contributed by atoms with Gasteiger partial charge in [0.1, 0.15) is 24.7 Å². The van der Waals surface area contributed by atoms with Crippen LogP contribution in [0.5, 0.6) is 11.5 Å². The molecule has 0 spiro atoms. The number of ether oxygens (including phenoxy) is 2. The van der Waals surface area contributed by atoms with E-state index in [4.69, 9.17) is 9.47 Å². The maximum Gasteiger partial charge on any atom is 0.227 e. The summed E-state index contributed by atoms with van der Waals surface area (Å²) in [5.74, 6) is 1.75. The molecule has 3 rings (SSSR count). The molecule has 0 bridgehead atoms. The minimum atomic E-state index is 0.0906. The van der Waals surface area contributed by atoms with Crippen molar-refractivity contribution < 1.29 is 14.3 Å². The van der Waals surface area contributed by atoms with Gasteiger partial charge in [-0.1, -0.05) is 36.8 Å². The van der Waals surface area contributed by atoms with Crippen LogP contribution in [0.2, 0.25) is 0 Å². The molecule has 0 unspecified atom stereocenters. The SMILES string of the molecule is O=C(Nc1ccccc1OCCOc1ccccc1)C1CCC1. The molecule has 23 heavy (non-hydrogen) atoms. The normalized spacial score (nSPS) is 13.9. The topological polar surface area (TPSA) is 47.6 Å². The molecule has 0 heterocycles. The molecule has 1 aliphatic carbocycles. The smallest absolute Gasteiger partial charge is 0.227 e. The molecule has 4 nitrogen and oxygen atoms in total. The number of hydrogen-bond acceptors (Lipinski definition) is 3. The van der Waals surface area contributed by atoms with Gasteiger partial charge in [0, 0.05) is 5.92 Å². The molecule has 4 heteroatoms. The van der Waals surface area contributed by atoms with E-state index < -0.39 is 0 Å². The summed E-state index contributed by atoms with van der Waals surface area (Å²) < 4.78 is 11.4. The largest absolute Gasteiger partial charge is 0.490 e. The highest BCUT2D eigenvalue weighted by molar-refractivity contribution is 5.94. The maximum atomic E-state index is 12.1. The Kier molecular flexibility index (Phi) is 5.14. The van der Waals surface area contributed by atoms with Crippen molar-refractivity contribution in [3.05, 3.63) is 54.6 Å². The summed E-state index contributed by atoms with van der Waals surface area (Å²) in [7, 11) is 0. The predicted octanol–water partition coefficient (Wildman–Crippen LogP) is 3.88. The van der Waals surface area contributed by atoms with E-state index in [9.17, 15) is 4.79 Å². The second kappa shape index (κ2) is 7.68. The molecule has 2 aromatic carbocycles. The van der Waals surface area contributed by atoms with Crippen molar-refractivity contribution >= 4 is 11.6 Å². The van der Waals surface area contributed by atoms with E-state index in [1.165, 1.54) is 0 Å². The lowest BCUT2D eigenvalue weighted by Gasteiger charge is -2.24. The van der Waals surface area contributed by atoms with Crippen LogP contribution < -0.4 is 14.8 Å². The molecule has 0 aromatic heterocycles. The second-order valence-corrected chi connectivity index (χ2v) is 5.62. The van der Waals surface area contributed by atoms with Crippen LogP contribution in [-0.2, 0) is 4.79 Å². The van der Waals surface area contributed by atoms with E-state index in [-0.39, 0.29) is 11.8 Å². The average Bonchev–Trinajstić information content (AvgIpc) is 2.52. The Balaban J connectivity index is 1.50. The van der Waals surface area contributed by atoms with E-state index in [0.717, 1.165) is 30.7 Å². The Bertz CT molecular complexity index is 638. The molecule has 1 saturated carbocycles. The molecule has 120 valence electrons. The molecule has 1 N–H and O–H groups in total. The number of amides is 1. The van der Waals surface area contributed by atoms with Crippen LogP contribution in [0, 0.1) is 5.92 Å². The molecular formula is C19H21NO3. The summed E-state index contributed by atoms with van der Waals surface area (Å²) in [5, 5.41) is 2.97. The monoisotopic (exact) mass is 311 g/mol. The Labute approximate surface area is 136 Å². The molecule has 2 aromatic rings. The molecular weight excluding hydrogens is 290 g/mol. The van der Waals surface area contributed by atoms with Gasteiger partial charge in [0.15, 0.2) is 0 Å². The Hall–Kier alpha value is -2.49. The van der Waals surface area contributed by atoms with Crippen molar-refractivity contribution in [1.29, 1.82) is 0 Å². The number of benzene rings is 2. The highest BCUT2D eigenvalue weighted by Gasteiger charge is 2.25. The van der Waals surface area contributed by atoms with Gasteiger partial charge in [-0.3, -0.25) is 4.79 Å². The highest BCUT2D eigenvalue weighted by atomic mass is 16.5. The molecule has 1 aliphatic rings. The van der Waals surface area contributed by atoms with Crippen molar-refractivity contribution in [2.45, 2.75) is 19.3 Å². The first kappa shape index (κ1) is 15.4. The first-order valence-corrected chi connectivity index (χ1v) is 8.03. The van der Waals surface area contributed by atoms with Gasteiger partial charge >= 0.3 is 0 Å². The van der Waals surface area contributed by atoms with Crippen LogP contribution in [0.25, 0.3) is 0 Å². The van der Waals surface area contributed by atoms with Crippen LogP contribution in [0.1, 0.15) is 19.3 Å². The minimum absolute atomic E-state index is 0.0906. The standard InChI is InChI=1S/C19H21NO3/c21-19(15-7-6-8-15)20-17-11-4-5-12-18(17)23-14-13-22-16-9-2-1-3-10-16/h1-5,9-12,15H,6-8,13-14H2,(H,20,21). The zero-order valence-electron chi connectivity index (χ0n) is 13.0. The Morgan fingerprint density at radius 1 is 0.957 bits per heavy atom. The molecule has 0 radical (unpaired) electrons. The number of hydrogen-bond donors (Lipinski definition) is 1. The van der Waals surface area contributed by atoms with Gasteiger partial charge in [0.25, 0.3) is 0 Å². The fourth-order valence-electron chi connectivity index (χ4n) is 2.43. The third kappa shape index (κ3) is 4.25. The Morgan fingerprint density at radius 3 is 2.39 bits per heavy atom. The van der Waals surface area contributed by atoms with Crippen molar-refractivity contribution in [3.8, 4) is 11.5 Å². The third-order valence-electron chi connectivity index (χ3n) is 3.97. The third-order valence-corrected chi connectivity index (χ3v) is 3.97.